The highest BCUT2D eigenvalue weighted by molar-refractivity contribution is 6.75. The Morgan fingerprint density at radius 2 is 0.955 bits per heavy atom. The van der Waals surface area contributed by atoms with Crippen molar-refractivity contribution in [2.45, 2.75) is 410 Å². The molecule has 0 spiro atoms. The van der Waals surface area contributed by atoms with E-state index in [-0.39, 0.29) is 80.9 Å². The normalized spacial score (nSPS) is 35.2. The molecule has 20 nitrogen and oxygen atoms in total. The monoisotopic (exact) mass is 1630 g/mol. The fourth-order valence-corrected chi connectivity index (χ4v) is 20.5. The first-order valence-corrected chi connectivity index (χ1v) is 55.3. The van der Waals surface area contributed by atoms with Gasteiger partial charge >= 0.3 is 11.9 Å². The number of esters is 2. The lowest BCUT2D eigenvalue weighted by Gasteiger charge is -2.52. The number of hydrogen-bond donors (Lipinski definition) is 0. The third-order valence-corrected chi connectivity index (χ3v) is 47.9. The summed E-state index contributed by atoms with van der Waals surface area (Å²) in [5.74, 6) is -5.35. The highest BCUT2D eigenvalue weighted by atomic mass is 28.4. The van der Waals surface area contributed by atoms with E-state index in [2.05, 4.69) is 205 Å². The number of hydrogen-bond acceptors (Lipinski definition) is 18. The molecule has 0 aliphatic carbocycles. The van der Waals surface area contributed by atoms with Crippen LogP contribution in [0.3, 0.4) is 0 Å². The van der Waals surface area contributed by atoms with Crippen molar-refractivity contribution in [2.24, 2.45) is 22.9 Å². The topological polar surface area (TPSA) is 221 Å². The second-order valence-electron chi connectivity index (χ2n) is 40.4. The molecule has 5 aliphatic heterocycles. The number of ether oxygens (including phenoxy) is 10. The van der Waals surface area contributed by atoms with E-state index in [4.69, 9.17) is 69.5 Å². The standard InChI is InChI=1S/C85H153N3O17Si5/c1-58-48-46-44-42-40-38-36-37-39-41-43-45-47-49-62(95-77-75(105-110(34,35)82(17,18)19)72(87-88-86)74(61(4)94-77)104-109(32,33)81(14,15)16)53-68-71(76(90)91-24)69(102-107(28,29)79(8,9)10)57-85(92-25,100-68)56-65(101-106(26,27)78(5,6)7)54-67-66(98-84(22,23)99-67)51-50-63-52-64(97-83(20,21)96-63)55-70(89)93-60(3)59(2)73(58)103-108(30,31)80(11,12)13/h36-49,58-69,71-75,77H,50-57H2,1-35H3/b37-36+,40-38+,41-39+,44-42+,45-43+,48-46+,49-47+/t58-,59-,60-,61+,62-,63+,64+,65-,66+,67+,68-,69-,71-,72-,73+,74+,75-,77-,85+/m0/s1. The van der Waals surface area contributed by atoms with Crippen molar-refractivity contribution in [3.8, 4) is 0 Å². The van der Waals surface area contributed by atoms with E-state index in [1.165, 1.54) is 7.11 Å². The van der Waals surface area contributed by atoms with Crippen LogP contribution in [0.5, 0.6) is 0 Å². The highest BCUT2D eigenvalue weighted by Gasteiger charge is 2.59. The molecule has 0 aromatic heterocycles. The van der Waals surface area contributed by atoms with E-state index >= 15 is 4.79 Å². The number of allylic oxidation sites excluding steroid dienone is 12. The highest BCUT2D eigenvalue weighted by Crippen LogP contribution is 2.51. The summed E-state index contributed by atoms with van der Waals surface area (Å²) < 4.78 is 106. The zero-order valence-electron chi connectivity index (χ0n) is 74.9. The lowest BCUT2D eigenvalue weighted by molar-refractivity contribution is -0.315. The number of azide groups is 1. The quantitative estimate of drug-likeness (QED) is 0.0489. The van der Waals surface area contributed by atoms with Crippen molar-refractivity contribution in [3.63, 3.8) is 0 Å². The Balaban J connectivity index is 1.76. The largest absolute Gasteiger partial charge is 0.469 e. The van der Waals surface area contributed by atoms with E-state index < -0.39 is 150 Å². The number of fused-ring (bicyclic) bond motifs is 5. The van der Waals surface area contributed by atoms with Crippen molar-refractivity contribution < 1.29 is 79.1 Å². The van der Waals surface area contributed by atoms with E-state index in [9.17, 15) is 10.3 Å². The third-order valence-electron chi connectivity index (χ3n) is 25.4. The maximum absolute atomic E-state index is 15.1. The van der Waals surface area contributed by atoms with Gasteiger partial charge in [0.15, 0.2) is 65.2 Å². The first-order chi connectivity index (χ1) is 50.2. The molecule has 0 aromatic carbocycles. The average Bonchev–Trinajstić information content (AvgIpc) is 1.12. The van der Waals surface area contributed by atoms with Crippen LogP contribution in [0.4, 0.5) is 0 Å². The molecule has 25 heteroatoms. The van der Waals surface area contributed by atoms with Gasteiger partial charge in [-0.1, -0.05) is 208 Å². The van der Waals surface area contributed by atoms with E-state index in [0.717, 1.165) is 0 Å². The van der Waals surface area contributed by atoms with Crippen molar-refractivity contribution in [3.05, 3.63) is 95.5 Å². The van der Waals surface area contributed by atoms with Gasteiger partial charge in [0.2, 0.25) is 0 Å². The van der Waals surface area contributed by atoms with Crippen LogP contribution in [-0.4, -0.2) is 177 Å². The molecule has 19 atom stereocenters. The first kappa shape index (κ1) is 97.6. The lowest BCUT2D eigenvalue weighted by Crippen LogP contribution is -2.64. The van der Waals surface area contributed by atoms with E-state index in [1.54, 1.807) is 7.11 Å². The Morgan fingerprint density at radius 1 is 0.509 bits per heavy atom. The molecule has 5 heterocycles. The van der Waals surface area contributed by atoms with Crippen LogP contribution in [0.15, 0.2) is 90.2 Å². The summed E-state index contributed by atoms with van der Waals surface area (Å²) in [6.45, 7) is 71.1. The summed E-state index contributed by atoms with van der Waals surface area (Å²) >= 11 is 0. The van der Waals surface area contributed by atoms with Gasteiger partial charge in [-0.25, -0.2) is 0 Å². The van der Waals surface area contributed by atoms with Crippen LogP contribution >= 0.6 is 0 Å². The number of carbonyl (C=O) groups excluding carboxylic acids is 2. The zero-order valence-corrected chi connectivity index (χ0v) is 79.9. The average molecular weight is 1630 g/mol. The van der Waals surface area contributed by atoms with Crippen molar-refractivity contribution in [1.29, 1.82) is 0 Å². The van der Waals surface area contributed by atoms with Gasteiger partial charge < -0.3 is 69.5 Å². The molecule has 0 amide bonds. The molecule has 0 unspecified atom stereocenters. The fourth-order valence-electron chi connectivity index (χ4n) is 13.7. The molecule has 5 aliphatic rings. The van der Waals surface area contributed by atoms with Gasteiger partial charge in [-0.2, -0.15) is 0 Å². The minimum atomic E-state index is -2.74. The van der Waals surface area contributed by atoms with Crippen molar-refractivity contribution >= 4 is 53.5 Å². The molecule has 630 valence electrons. The van der Waals surface area contributed by atoms with Crippen LogP contribution < -0.4 is 0 Å². The Morgan fingerprint density at radius 3 is 1.45 bits per heavy atom. The number of rotatable bonds is 15. The number of methoxy groups -OCH3 is 2. The molecule has 4 saturated heterocycles. The second-order valence-corrected chi connectivity index (χ2v) is 64.2. The summed E-state index contributed by atoms with van der Waals surface area (Å²) in [5, 5.41) is 3.55. The molecule has 5 rings (SSSR count). The second kappa shape index (κ2) is 38.6. The Hall–Kier alpha value is -3.01. The van der Waals surface area contributed by atoms with Gasteiger partial charge in [0, 0.05) is 50.0 Å². The molecule has 0 radical (unpaired) electrons. The van der Waals surface area contributed by atoms with Crippen molar-refractivity contribution in [2.75, 3.05) is 14.2 Å². The fraction of sp³-hybridized carbons (Fsp3) is 0.812. The van der Waals surface area contributed by atoms with Gasteiger partial charge in [0.1, 0.15) is 18.1 Å². The molecular weight excluding hydrogens is 1480 g/mol. The number of nitrogens with zero attached hydrogens (tertiary/aromatic N) is 3. The lowest BCUT2D eigenvalue weighted by atomic mass is 9.82. The number of carbonyl (C=O) groups is 2. The van der Waals surface area contributed by atoms with Crippen LogP contribution in [0.2, 0.25) is 90.7 Å². The van der Waals surface area contributed by atoms with Crippen molar-refractivity contribution in [1.82, 2.24) is 0 Å². The third kappa shape index (κ3) is 27.3. The van der Waals surface area contributed by atoms with Gasteiger partial charge in [-0.05, 0) is 156 Å². The SMILES string of the molecule is COC(=O)[C@H]1[C@@H]2C[C@@H](O[C@@H]3O[C@H](C)[C@@H](O[Si](C)(C)C(C)(C)C)[C@H](N=[N+]=[N-])[C@@H]3O[Si](C)(C)C(C)(C)C)/C=C/C=C/C=C/C=C/C=C/C=C/C=C/[C@H](C)[C@@H](O[Si](C)(C)C(C)(C)C)[C@@H](C)[C@H](C)OC(=O)C[C@H]3C[C@@H](CC[C@H]4OC(C)(C)O[C@@H]4C[C@H](O[Si](C)(C)C(C)(C)C)C[C@](OC)(C[C@@H]1O[Si](C)(C)C(C)(C)C)O2)OC(C)(C)O3. The molecular formula is C85H153N3O17Si5. The van der Waals surface area contributed by atoms with Gasteiger partial charge in [0.25, 0.3) is 0 Å². The van der Waals surface area contributed by atoms with E-state index in [1.807, 2.05) is 114 Å². The maximum atomic E-state index is 15.1. The van der Waals surface area contributed by atoms with Crippen LogP contribution in [0.1, 0.15) is 211 Å². The predicted molar refractivity (Wildman–Crippen MR) is 455 cm³/mol. The van der Waals surface area contributed by atoms with Gasteiger partial charge in [0.05, 0.1) is 86.7 Å². The molecule has 0 N–H and O–H groups in total. The minimum Gasteiger partial charge on any atom is -0.469 e. The summed E-state index contributed by atoms with van der Waals surface area (Å²) in [6.07, 6.45) is 21.5. The zero-order chi connectivity index (χ0) is 83.6. The predicted octanol–water partition coefficient (Wildman–Crippen LogP) is 21.5. The Labute approximate surface area is 671 Å². The Kier molecular flexibility index (Phi) is 34.2. The summed E-state index contributed by atoms with van der Waals surface area (Å²) in [7, 11) is -9.88. The first-order valence-electron chi connectivity index (χ1n) is 40.8. The molecule has 0 saturated carbocycles. The summed E-state index contributed by atoms with van der Waals surface area (Å²) in [4.78, 5) is 32.9. The van der Waals surface area contributed by atoms with Crippen LogP contribution in [0, 0.1) is 17.8 Å². The molecule has 0 aromatic rings. The molecule has 4 bridgehead atoms. The Bertz CT molecular complexity index is 3230. The van der Waals surface area contributed by atoms with Crippen LogP contribution in [-0.2, 0) is 79.1 Å². The summed E-state index contributed by atoms with van der Waals surface area (Å²) in [6, 6.07) is -0.865. The smallest absolute Gasteiger partial charge is 0.313 e. The molecule has 110 heavy (non-hydrogen) atoms. The van der Waals surface area contributed by atoms with Crippen LogP contribution in [0.25, 0.3) is 10.4 Å². The summed E-state index contributed by atoms with van der Waals surface area (Å²) in [5.41, 5.74) is 10.6. The van der Waals surface area contributed by atoms with E-state index in [0.29, 0.717) is 25.7 Å². The number of cyclic esters (lactones) is 1. The minimum absolute atomic E-state index is 0.00411. The van der Waals surface area contributed by atoms with Gasteiger partial charge in [-0.15, -0.1) is 0 Å². The maximum Gasteiger partial charge on any atom is 0.313 e. The molecule has 4 fully saturated rings. The van der Waals surface area contributed by atoms with Gasteiger partial charge in [-0.3, -0.25) is 9.59 Å².